The highest BCUT2D eigenvalue weighted by atomic mass is 32.2. The van der Waals surface area contributed by atoms with Crippen molar-refractivity contribution in [3.63, 3.8) is 0 Å². The Morgan fingerprint density at radius 1 is 1.04 bits per heavy atom. The van der Waals surface area contributed by atoms with Crippen LogP contribution in [0.25, 0.3) is 11.1 Å². The molecule has 1 aliphatic rings. The van der Waals surface area contributed by atoms with Gasteiger partial charge in [0.05, 0.1) is 25.2 Å². The molecule has 3 rings (SSSR count). The second-order valence-corrected chi connectivity index (χ2v) is 8.05. The van der Waals surface area contributed by atoms with Crippen LogP contribution < -0.4 is 4.31 Å². The van der Waals surface area contributed by atoms with E-state index in [4.69, 9.17) is 4.74 Å². The number of amides is 1. The minimum atomic E-state index is -3.63. The van der Waals surface area contributed by atoms with Crippen molar-refractivity contribution < 1.29 is 17.9 Å². The number of anilines is 1. The summed E-state index contributed by atoms with van der Waals surface area (Å²) in [6.45, 7) is 1.70. The van der Waals surface area contributed by atoms with Gasteiger partial charge in [-0.25, -0.2) is 8.42 Å². The van der Waals surface area contributed by atoms with E-state index in [1.165, 1.54) is 4.31 Å². The molecule has 0 spiro atoms. The number of benzene rings is 2. The van der Waals surface area contributed by atoms with Gasteiger partial charge in [0.1, 0.15) is 6.54 Å². The number of ether oxygens (including phenoxy) is 1. The molecule has 138 valence electrons. The van der Waals surface area contributed by atoms with Crippen molar-refractivity contribution in [1.82, 2.24) is 4.90 Å². The van der Waals surface area contributed by atoms with Gasteiger partial charge in [-0.3, -0.25) is 9.10 Å². The van der Waals surface area contributed by atoms with Gasteiger partial charge in [-0.05, 0) is 11.6 Å². The minimum Gasteiger partial charge on any atom is -0.378 e. The maximum atomic E-state index is 12.6. The summed E-state index contributed by atoms with van der Waals surface area (Å²) in [5, 5.41) is 0. The van der Waals surface area contributed by atoms with Gasteiger partial charge in [-0.2, -0.15) is 0 Å². The van der Waals surface area contributed by atoms with Crippen LogP contribution in [-0.4, -0.2) is 58.3 Å². The normalized spacial score (nSPS) is 14.9. The molecule has 1 amide bonds. The Kier molecular flexibility index (Phi) is 5.58. The number of para-hydroxylation sites is 1. The van der Waals surface area contributed by atoms with Crippen molar-refractivity contribution in [3.05, 3.63) is 54.6 Å². The van der Waals surface area contributed by atoms with Gasteiger partial charge in [0.2, 0.25) is 15.9 Å². The quantitative estimate of drug-likeness (QED) is 0.803. The summed E-state index contributed by atoms with van der Waals surface area (Å²) in [6, 6.07) is 16.8. The second kappa shape index (κ2) is 7.88. The zero-order valence-corrected chi connectivity index (χ0v) is 15.5. The van der Waals surface area contributed by atoms with Crippen molar-refractivity contribution >= 4 is 21.6 Å². The van der Waals surface area contributed by atoms with E-state index in [0.717, 1.165) is 17.4 Å². The molecule has 6 nitrogen and oxygen atoms in total. The molecule has 26 heavy (non-hydrogen) atoms. The molecule has 0 N–H and O–H groups in total. The molecule has 1 saturated heterocycles. The lowest BCUT2D eigenvalue weighted by atomic mass is 10.0. The highest BCUT2D eigenvalue weighted by molar-refractivity contribution is 7.92. The predicted molar refractivity (Wildman–Crippen MR) is 101 cm³/mol. The van der Waals surface area contributed by atoms with E-state index in [1.54, 1.807) is 17.0 Å². The van der Waals surface area contributed by atoms with Gasteiger partial charge in [0, 0.05) is 18.7 Å². The van der Waals surface area contributed by atoms with Gasteiger partial charge in [0.15, 0.2) is 0 Å². The molecule has 1 aliphatic heterocycles. The van der Waals surface area contributed by atoms with Crippen molar-refractivity contribution in [2.45, 2.75) is 0 Å². The summed E-state index contributed by atoms with van der Waals surface area (Å²) in [6.07, 6.45) is 1.13. The van der Waals surface area contributed by atoms with E-state index >= 15 is 0 Å². The first-order valence-corrected chi connectivity index (χ1v) is 10.3. The average molecular weight is 374 g/mol. The molecule has 0 atom stereocenters. The van der Waals surface area contributed by atoms with Crippen molar-refractivity contribution in [2.75, 3.05) is 43.4 Å². The molecule has 2 aromatic carbocycles. The van der Waals surface area contributed by atoms with Gasteiger partial charge >= 0.3 is 0 Å². The topological polar surface area (TPSA) is 66.9 Å². The first kappa shape index (κ1) is 18.4. The van der Waals surface area contributed by atoms with E-state index in [9.17, 15) is 13.2 Å². The molecule has 7 heteroatoms. The molecular weight excluding hydrogens is 352 g/mol. The third-order valence-electron chi connectivity index (χ3n) is 4.30. The first-order valence-electron chi connectivity index (χ1n) is 8.44. The summed E-state index contributed by atoms with van der Waals surface area (Å²) >= 11 is 0. The van der Waals surface area contributed by atoms with Crippen LogP contribution in [0.4, 0.5) is 5.69 Å². The average Bonchev–Trinajstić information content (AvgIpc) is 2.66. The Balaban J connectivity index is 1.96. The lowest BCUT2D eigenvalue weighted by Gasteiger charge is -2.30. The fourth-order valence-corrected chi connectivity index (χ4v) is 3.83. The van der Waals surface area contributed by atoms with Crippen LogP contribution in [-0.2, 0) is 19.6 Å². The fraction of sp³-hybridized carbons (Fsp3) is 0.316. The number of nitrogens with zero attached hydrogens (tertiary/aromatic N) is 2. The Morgan fingerprint density at radius 2 is 1.65 bits per heavy atom. The van der Waals surface area contributed by atoms with Crippen LogP contribution >= 0.6 is 0 Å². The smallest absolute Gasteiger partial charge is 0.243 e. The van der Waals surface area contributed by atoms with Crippen LogP contribution in [0, 0.1) is 0 Å². The molecule has 0 aromatic heterocycles. The van der Waals surface area contributed by atoms with Gasteiger partial charge in [0.25, 0.3) is 0 Å². The van der Waals surface area contributed by atoms with Crippen LogP contribution in [0.2, 0.25) is 0 Å². The lowest BCUT2D eigenvalue weighted by molar-refractivity contribution is -0.133. The maximum Gasteiger partial charge on any atom is 0.243 e. The molecule has 0 unspecified atom stereocenters. The fourth-order valence-electron chi connectivity index (χ4n) is 2.97. The third kappa shape index (κ3) is 4.23. The van der Waals surface area contributed by atoms with Crippen molar-refractivity contribution in [1.29, 1.82) is 0 Å². The lowest BCUT2D eigenvalue weighted by Crippen LogP contribution is -2.47. The van der Waals surface area contributed by atoms with E-state index in [2.05, 4.69) is 0 Å². The monoisotopic (exact) mass is 374 g/mol. The number of carbonyl (C=O) groups is 1. The largest absolute Gasteiger partial charge is 0.378 e. The number of hydrogen-bond acceptors (Lipinski definition) is 4. The zero-order valence-electron chi connectivity index (χ0n) is 14.7. The second-order valence-electron chi connectivity index (χ2n) is 6.15. The summed E-state index contributed by atoms with van der Waals surface area (Å²) < 4.78 is 31.4. The SMILES string of the molecule is CS(=O)(=O)N(CC(=O)N1CCOCC1)c1ccccc1-c1ccccc1. The Hall–Kier alpha value is -2.38. The highest BCUT2D eigenvalue weighted by Crippen LogP contribution is 2.32. The highest BCUT2D eigenvalue weighted by Gasteiger charge is 2.26. The van der Waals surface area contributed by atoms with E-state index in [-0.39, 0.29) is 12.5 Å². The molecular formula is C19H22N2O4S. The number of rotatable bonds is 5. The predicted octanol–water partition coefficient (Wildman–Crippen LogP) is 1.98. The third-order valence-corrected chi connectivity index (χ3v) is 5.43. The summed E-state index contributed by atoms with van der Waals surface area (Å²) in [5.74, 6) is -0.221. The van der Waals surface area contributed by atoms with Crippen LogP contribution in [0.5, 0.6) is 0 Å². The van der Waals surface area contributed by atoms with Crippen molar-refractivity contribution in [2.24, 2.45) is 0 Å². The number of morpholine rings is 1. The number of sulfonamides is 1. The van der Waals surface area contributed by atoms with Crippen LogP contribution in [0.1, 0.15) is 0 Å². The minimum absolute atomic E-state index is 0.220. The molecule has 0 radical (unpaired) electrons. The van der Waals surface area contributed by atoms with Crippen LogP contribution in [0.3, 0.4) is 0 Å². The summed E-state index contributed by atoms with van der Waals surface area (Å²) in [5.41, 5.74) is 2.17. The van der Waals surface area contributed by atoms with E-state index in [0.29, 0.717) is 32.0 Å². The van der Waals surface area contributed by atoms with Gasteiger partial charge in [-0.15, -0.1) is 0 Å². The van der Waals surface area contributed by atoms with E-state index < -0.39 is 10.0 Å². The number of hydrogen-bond donors (Lipinski definition) is 0. The summed E-state index contributed by atoms with van der Waals surface area (Å²) in [4.78, 5) is 14.3. The molecule has 0 aliphatic carbocycles. The Bertz CT molecular complexity index is 862. The van der Waals surface area contributed by atoms with E-state index in [1.807, 2.05) is 42.5 Å². The molecule has 0 saturated carbocycles. The maximum absolute atomic E-state index is 12.6. The van der Waals surface area contributed by atoms with Crippen molar-refractivity contribution in [3.8, 4) is 11.1 Å². The van der Waals surface area contributed by atoms with Gasteiger partial charge in [-0.1, -0.05) is 48.5 Å². The molecule has 0 bridgehead atoms. The Morgan fingerprint density at radius 3 is 2.31 bits per heavy atom. The zero-order chi connectivity index (χ0) is 18.6. The standard InChI is InChI=1S/C19H22N2O4S/c1-26(23,24)21(15-19(22)20-11-13-25-14-12-20)18-10-6-5-9-17(18)16-7-3-2-4-8-16/h2-10H,11-15H2,1H3. The Labute approximate surface area is 154 Å². The molecule has 1 heterocycles. The van der Waals surface area contributed by atoms with Gasteiger partial charge < -0.3 is 9.64 Å². The molecule has 1 fully saturated rings. The number of carbonyl (C=O) groups excluding carboxylic acids is 1. The first-order chi connectivity index (χ1) is 12.5. The summed E-state index contributed by atoms with van der Waals surface area (Å²) in [7, 11) is -3.63. The molecule has 2 aromatic rings. The van der Waals surface area contributed by atoms with Crippen LogP contribution in [0.15, 0.2) is 54.6 Å².